The molecule has 34 heavy (non-hydrogen) atoms. The fourth-order valence-corrected chi connectivity index (χ4v) is 5.67. The summed E-state index contributed by atoms with van der Waals surface area (Å²) in [7, 11) is 0. The molecule has 3 aromatic rings. The van der Waals surface area contributed by atoms with E-state index in [1.165, 1.54) is 4.68 Å². The van der Waals surface area contributed by atoms with Crippen LogP contribution in [0.4, 0.5) is 0 Å². The number of halogens is 2. The van der Waals surface area contributed by atoms with Crippen molar-refractivity contribution in [1.29, 1.82) is 0 Å². The first-order chi connectivity index (χ1) is 16.3. The van der Waals surface area contributed by atoms with Gasteiger partial charge in [0.15, 0.2) is 5.69 Å². The third kappa shape index (κ3) is 4.01. The number of likely N-dealkylation sites (tertiary alicyclic amines) is 1. The van der Waals surface area contributed by atoms with Crippen molar-refractivity contribution in [2.24, 2.45) is 11.7 Å². The molecular formula is C24H23Cl2N5O3. The lowest BCUT2D eigenvalue weighted by molar-refractivity contribution is -0.143. The van der Waals surface area contributed by atoms with Crippen molar-refractivity contribution in [3.05, 3.63) is 63.8 Å². The molecular weight excluding hydrogens is 477 g/mol. The monoisotopic (exact) mass is 499 g/mol. The van der Waals surface area contributed by atoms with Crippen molar-refractivity contribution in [1.82, 2.24) is 20.0 Å². The Labute approximate surface area is 206 Å². The number of amides is 3. The number of carbonyl (C=O) groups excluding carboxylic acids is 3. The molecule has 0 radical (unpaired) electrons. The van der Waals surface area contributed by atoms with Crippen molar-refractivity contribution >= 4 is 51.8 Å². The molecule has 1 aliphatic heterocycles. The second kappa shape index (κ2) is 8.92. The van der Waals surface area contributed by atoms with Gasteiger partial charge >= 0.3 is 0 Å². The molecule has 2 heterocycles. The zero-order valence-electron chi connectivity index (χ0n) is 18.2. The summed E-state index contributed by atoms with van der Waals surface area (Å²) in [4.78, 5) is 40.2. The molecule has 2 aliphatic rings. The molecule has 3 atom stereocenters. The van der Waals surface area contributed by atoms with Gasteiger partial charge in [-0.3, -0.25) is 19.1 Å². The number of piperidine rings is 1. The van der Waals surface area contributed by atoms with Crippen LogP contribution in [0.1, 0.15) is 35.3 Å². The summed E-state index contributed by atoms with van der Waals surface area (Å²) in [5, 5.41) is 8.87. The quantitative estimate of drug-likeness (QED) is 0.542. The van der Waals surface area contributed by atoms with Gasteiger partial charge in [-0.15, -0.1) is 0 Å². The number of aromatic nitrogens is 2. The van der Waals surface area contributed by atoms with Crippen LogP contribution in [-0.4, -0.2) is 44.5 Å². The summed E-state index contributed by atoms with van der Waals surface area (Å²) < 4.78 is 1.49. The SMILES string of the molecule is NC(=O)c1nn(CC(=O)N2C(C(=O)NCc3cc(Cl)ccc3Cl)[C@H]3CC[C@@H]2C3)c2ccccc12. The molecule has 2 aromatic carbocycles. The minimum absolute atomic E-state index is 0.0143. The van der Waals surface area contributed by atoms with E-state index in [1.54, 1.807) is 41.3 Å². The molecule has 1 aromatic heterocycles. The number of carbonyl (C=O) groups is 3. The van der Waals surface area contributed by atoms with E-state index in [1.807, 2.05) is 6.07 Å². The molecule has 2 fully saturated rings. The second-order valence-corrected chi connectivity index (χ2v) is 9.66. The number of hydrogen-bond donors (Lipinski definition) is 2. The lowest BCUT2D eigenvalue weighted by atomic mass is 9.97. The maximum atomic E-state index is 13.4. The van der Waals surface area contributed by atoms with E-state index in [9.17, 15) is 14.4 Å². The normalized spacial score (nSPS) is 21.2. The predicted molar refractivity (Wildman–Crippen MR) is 128 cm³/mol. The summed E-state index contributed by atoms with van der Waals surface area (Å²) in [5.74, 6) is -0.962. The summed E-state index contributed by atoms with van der Waals surface area (Å²) in [6.45, 7) is 0.140. The summed E-state index contributed by atoms with van der Waals surface area (Å²) in [6, 6.07) is 11.7. The molecule has 0 spiro atoms. The van der Waals surface area contributed by atoms with Crippen molar-refractivity contribution in [3.8, 4) is 0 Å². The van der Waals surface area contributed by atoms with Crippen molar-refractivity contribution < 1.29 is 14.4 Å². The Morgan fingerprint density at radius 1 is 1.12 bits per heavy atom. The fraction of sp³-hybridized carbons (Fsp3) is 0.333. The van der Waals surface area contributed by atoms with Crippen molar-refractivity contribution in [2.45, 2.75) is 44.4 Å². The van der Waals surface area contributed by atoms with Gasteiger partial charge in [0.05, 0.1) is 5.52 Å². The highest BCUT2D eigenvalue weighted by atomic mass is 35.5. The zero-order chi connectivity index (χ0) is 24.0. The summed E-state index contributed by atoms with van der Waals surface area (Å²) >= 11 is 12.3. The maximum Gasteiger partial charge on any atom is 0.269 e. The topological polar surface area (TPSA) is 110 Å². The average Bonchev–Trinajstić information content (AvgIpc) is 3.53. The van der Waals surface area contributed by atoms with Crippen LogP contribution in [-0.2, 0) is 22.7 Å². The first-order valence-corrected chi connectivity index (χ1v) is 11.9. The summed E-state index contributed by atoms with van der Waals surface area (Å²) in [5.41, 5.74) is 6.96. The number of nitrogens with one attached hydrogen (secondary N) is 1. The van der Waals surface area contributed by atoms with Crippen molar-refractivity contribution in [3.63, 3.8) is 0 Å². The minimum Gasteiger partial charge on any atom is -0.364 e. The zero-order valence-corrected chi connectivity index (χ0v) is 19.7. The first kappa shape index (κ1) is 22.7. The van der Waals surface area contributed by atoms with E-state index in [4.69, 9.17) is 28.9 Å². The highest BCUT2D eigenvalue weighted by Crippen LogP contribution is 2.42. The lowest BCUT2D eigenvalue weighted by Gasteiger charge is -2.34. The molecule has 1 saturated heterocycles. The Balaban J connectivity index is 1.36. The van der Waals surface area contributed by atoms with Gasteiger partial charge in [-0.25, -0.2) is 0 Å². The highest BCUT2D eigenvalue weighted by Gasteiger charge is 2.51. The number of hydrogen-bond acceptors (Lipinski definition) is 4. The second-order valence-electron chi connectivity index (χ2n) is 8.81. The van der Waals surface area contributed by atoms with Crippen LogP contribution >= 0.6 is 23.2 Å². The maximum absolute atomic E-state index is 13.4. The molecule has 3 amide bonds. The van der Waals surface area contributed by atoms with Gasteiger partial charge in [-0.2, -0.15) is 5.10 Å². The molecule has 3 N–H and O–H groups in total. The molecule has 10 heteroatoms. The molecule has 1 saturated carbocycles. The Morgan fingerprint density at radius 2 is 1.91 bits per heavy atom. The number of nitrogens with two attached hydrogens (primary N) is 1. The van der Waals surface area contributed by atoms with Gasteiger partial charge in [-0.05, 0) is 55.0 Å². The molecule has 5 rings (SSSR count). The smallest absolute Gasteiger partial charge is 0.269 e. The number of nitrogens with zero attached hydrogens (tertiary/aromatic N) is 3. The van der Waals surface area contributed by atoms with Crippen LogP contribution in [0, 0.1) is 5.92 Å². The molecule has 176 valence electrons. The summed E-state index contributed by atoms with van der Waals surface area (Å²) in [6.07, 6.45) is 2.57. The van der Waals surface area contributed by atoms with Gasteiger partial charge in [0, 0.05) is 28.0 Å². The molecule has 1 aliphatic carbocycles. The average molecular weight is 500 g/mol. The van der Waals surface area contributed by atoms with E-state index < -0.39 is 11.9 Å². The number of rotatable bonds is 6. The Kier molecular flexibility index (Phi) is 5.95. The van der Waals surface area contributed by atoms with Gasteiger partial charge in [0.25, 0.3) is 5.91 Å². The Morgan fingerprint density at radius 3 is 2.71 bits per heavy atom. The van der Waals surface area contributed by atoms with Gasteiger partial charge in [0.1, 0.15) is 12.6 Å². The van der Waals surface area contributed by atoms with Gasteiger partial charge in [-0.1, -0.05) is 41.4 Å². The first-order valence-electron chi connectivity index (χ1n) is 11.1. The third-order valence-electron chi connectivity index (χ3n) is 6.78. The number of primary amides is 1. The Bertz CT molecular complexity index is 1310. The molecule has 1 unspecified atom stereocenters. The van der Waals surface area contributed by atoms with E-state index >= 15 is 0 Å². The number of para-hydroxylation sites is 1. The number of benzene rings is 2. The van der Waals surface area contributed by atoms with Crippen LogP contribution < -0.4 is 11.1 Å². The largest absolute Gasteiger partial charge is 0.364 e. The standard InChI is InChI=1S/C24H23Cl2N5O3/c25-15-6-8-18(26)14(9-15)11-28-24(34)22-13-5-7-16(10-13)31(22)20(32)12-30-19-4-2-1-3-17(19)21(29-30)23(27)33/h1-4,6,8-9,13,16,22H,5,7,10-12H2,(H2,27,33)(H,28,34)/t13-,16+,22?/m0/s1. The lowest BCUT2D eigenvalue weighted by Crippen LogP contribution is -2.53. The van der Waals surface area contributed by atoms with Crippen LogP contribution in [0.15, 0.2) is 42.5 Å². The van der Waals surface area contributed by atoms with Gasteiger partial charge in [0.2, 0.25) is 11.8 Å². The highest BCUT2D eigenvalue weighted by molar-refractivity contribution is 6.33. The van der Waals surface area contributed by atoms with E-state index in [0.29, 0.717) is 26.5 Å². The fourth-order valence-electron chi connectivity index (χ4n) is 5.29. The van der Waals surface area contributed by atoms with E-state index in [2.05, 4.69) is 10.4 Å². The Hall–Kier alpha value is -3.10. The predicted octanol–water partition coefficient (Wildman–Crippen LogP) is 3.14. The van der Waals surface area contributed by atoms with Crippen LogP contribution in [0.5, 0.6) is 0 Å². The van der Waals surface area contributed by atoms with E-state index in [0.717, 1.165) is 19.3 Å². The van der Waals surface area contributed by atoms with Gasteiger partial charge < -0.3 is 16.0 Å². The van der Waals surface area contributed by atoms with Crippen LogP contribution in [0.2, 0.25) is 10.0 Å². The molecule has 2 bridgehead atoms. The van der Waals surface area contributed by atoms with Crippen molar-refractivity contribution in [2.75, 3.05) is 0 Å². The van der Waals surface area contributed by atoms with E-state index in [-0.39, 0.29) is 42.6 Å². The number of fused-ring (bicyclic) bond motifs is 3. The van der Waals surface area contributed by atoms with Crippen LogP contribution in [0.25, 0.3) is 10.9 Å². The minimum atomic E-state index is -0.653. The third-order valence-corrected chi connectivity index (χ3v) is 7.38. The van der Waals surface area contributed by atoms with Crippen LogP contribution in [0.3, 0.4) is 0 Å². The molecule has 8 nitrogen and oxygen atoms in total.